The normalized spacial score (nSPS) is 21.8. The quantitative estimate of drug-likeness (QED) is 0.896. The highest BCUT2D eigenvalue weighted by Gasteiger charge is 2.39. The van der Waals surface area contributed by atoms with E-state index < -0.39 is 0 Å². The predicted octanol–water partition coefficient (Wildman–Crippen LogP) is 2.52. The Morgan fingerprint density at radius 3 is 2.74 bits per heavy atom. The minimum atomic E-state index is 0.00109. The van der Waals surface area contributed by atoms with Crippen LogP contribution in [0.25, 0.3) is 0 Å². The van der Waals surface area contributed by atoms with Gasteiger partial charge in [-0.05, 0) is 38.8 Å². The Morgan fingerprint density at radius 2 is 2.09 bits per heavy atom. The number of carbonyl (C=O) groups is 1. The zero-order valence-electron chi connectivity index (χ0n) is 13.8. The average molecular weight is 338 g/mol. The molecule has 2 aliphatic rings. The second-order valence-corrected chi connectivity index (χ2v) is 7.33. The van der Waals surface area contributed by atoms with Gasteiger partial charge in [-0.3, -0.25) is 9.69 Å². The molecule has 2 fully saturated rings. The fourth-order valence-electron chi connectivity index (χ4n) is 3.60. The first-order valence-corrected chi connectivity index (χ1v) is 9.35. The molecule has 2 saturated heterocycles. The van der Waals surface area contributed by atoms with Crippen molar-refractivity contribution in [3.63, 3.8) is 0 Å². The zero-order chi connectivity index (χ0) is 16.1. The predicted molar refractivity (Wildman–Crippen MR) is 91.4 cm³/mol. The molecule has 0 atom stereocenters. The highest BCUT2D eigenvalue weighted by Crippen LogP contribution is 2.30. The first-order valence-electron chi connectivity index (χ1n) is 8.47. The number of thiophene rings is 1. The minimum absolute atomic E-state index is 0.00109. The van der Waals surface area contributed by atoms with Crippen molar-refractivity contribution in [2.75, 3.05) is 40.0 Å². The molecule has 0 bridgehead atoms. The highest BCUT2D eigenvalue weighted by molar-refractivity contribution is 7.12. The molecule has 1 aromatic heterocycles. The Morgan fingerprint density at radius 1 is 1.35 bits per heavy atom. The van der Waals surface area contributed by atoms with Gasteiger partial charge in [0.05, 0.1) is 12.0 Å². The van der Waals surface area contributed by atoms with Crippen LogP contribution in [-0.2, 0) is 4.74 Å². The van der Waals surface area contributed by atoms with E-state index in [-0.39, 0.29) is 11.4 Å². The monoisotopic (exact) mass is 338 g/mol. The van der Waals surface area contributed by atoms with Crippen molar-refractivity contribution in [1.29, 1.82) is 0 Å². The second kappa shape index (κ2) is 7.64. The SMILES string of the molecule is COc1csc(C(=O)NCC2(N3CCCCC3)CCOCC2)c1. The summed E-state index contributed by atoms with van der Waals surface area (Å²) in [6, 6.07) is 1.80. The maximum atomic E-state index is 12.4. The summed E-state index contributed by atoms with van der Waals surface area (Å²) in [5.41, 5.74) is 0.0652. The van der Waals surface area contributed by atoms with E-state index in [1.165, 1.54) is 30.6 Å². The number of nitrogens with one attached hydrogen (secondary N) is 1. The second-order valence-electron chi connectivity index (χ2n) is 6.42. The third kappa shape index (κ3) is 3.87. The van der Waals surface area contributed by atoms with Crippen LogP contribution in [-0.4, -0.2) is 56.3 Å². The van der Waals surface area contributed by atoms with Crippen molar-refractivity contribution in [2.45, 2.75) is 37.6 Å². The van der Waals surface area contributed by atoms with Gasteiger partial charge in [0, 0.05) is 36.7 Å². The fraction of sp³-hybridized carbons (Fsp3) is 0.706. The van der Waals surface area contributed by atoms with Gasteiger partial charge in [-0.1, -0.05) is 6.42 Å². The topological polar surface area (TPSA) is 50.8 Å². The molecule has 0 spiro atoms. The van der Waals surface area contributed by atoms with Crippen LogP contribution < -0.4 is 10.1 Å². The molecule has 3 rings (SSSR count). The summed E-state index contributed by atoms with van der Waals surface area (Å²) in [5, 5.41) is 5.03. The third-order valence-electron chi connectivity index (χ3n) is 5.06. The molecule has 0 aliphatic carbocycles. The first kappa shape index (κ1) is 16.7. The smallest absolute Gasteiger partial charge is 0.261 e. The molecule has 128 valence electrons. The number of likely N-dealkylation sites (tertiary alicyclic amines) is 1. The number of hydrogen-bond donors (Lipinski definition) is 1. The van der Waals surface area contributed by atoms with Gasteiger partial charge in [0.25, 0.3) is 5.91 Å². The summed E-state index contributed by atoms with van der Waals surface area (Å²) >= 11 is 1.43. The Hall–Kier alpha value is -1.11. The van der Waals surface area contributed by atoms with E-state index >= 15 is 0 Å². The summed E-state index contributed by atoms with van der Waals surface area (Å²) in [6.45, 7) is 4.57. The van der Waals surface area contributed by atoms with E-state index in [0.29, 0.717) is 11.4 Å². The molecular weight excluding hydrogens is 312 g/mol. The summed E-state index contributed by atoms with van der Waals surface area (Å²) in [4.78, 5) is 15.7. The maximum absolute atomic E-state index is 12.4. The number of hydrogen-bond acceptors (Lipinski definition) is 5. The van der Waals surface area contributed by atoms with Crippen molar-refractivity contribution >= 4 is 17.2 Å². The van der Waals surface area contributed by atoms with Crippen LogP contribution in [0.3, 0.4) is 0 Å². The van der Waals surface area contributed by atoms with Gasteiger partial charge in [0.2, 0.25) is 0 Å². The van der Waals surface area contributed by atoms with Gasteiger partial charge >= 0.3 is 0 Å². The van der Waals surface area contributed by atoms with Crippen molar-refractivity contribution < 1.29 is 14.3 Å². The summed E-state index contributed by atoms with van der Waals surface area (Å²) in [6.07, 6.45) is 5.85. The lowest BCUT2D eigenvalue weighted by molar-refractivity contribution is -0.0349. The highest BCUT2D eigenvalue weighted by atomic mass is 32.1. The van der Waals surface area contributed by atoms with Crippen molar-refractivity contribution in [3.8, 4) is 5.75 Å². The number of nitrogens with zero attached hydrogens (tertiary/aromatic N) is 1. The molecule has 0 radical (unpaired) electrons. The van der Waals surface area contributed by atoms with Crippen LogP contribution in [0.1, 0.15) is 41.8 Å². The summed E-state index contributed by atoms with van der Waals surface area (Å²) in [5.74, 6) is 0.748. The molecular formula is C17H26N2O3S. The van der Waals surface area contributed by atoms with Crippen LogP contribution in [0, 0.1) is 0 Å². The Kier molecular flexibility index (Phi) is 5.56. The summed E-state index contributed by atoms with van der Waals surface area (Å²) < 4.78 is 10.7. The molecule has 6 heteroatoms. The number of ether oxygens (including phenoxy) is 2. The number of methoxy groups -OCH3 is 1. The lowest BCUT2D eigenvalue weighted by Crippen LogP contribution is -2.59. The van der Waals surface area contributed by atoms with Crippen LogP contribution >= 0.6 is 11.3 Å². The standard InChI is InChI=1S/C17H26N2O3S/c1-21-14-11-15(23-12-14)16(20)18-13-17(5-9-22-10-6-17)19-7-3-2-4-8-19/h11-12H,2-10,13H2,1H3,(H,18,20). The molecule has 5 nitrogen and oxygen atoms in total. The van der Waals surface area contributed by atoms with Crippen molar-refractivity contribution in [2.24, 2.45) is 0 Å². The van der Waals surface area contributed by atoms with E-state index in [9.17, 15) is 4.79 Å². The van der Waals surface area contributed by atoms with Crippen LogP contribution in [0.15, 0.2) is 11.4 Å². The number of piperidine rings is 1. The third-order valence-corrected chi connectivity index (χ3v) is 5.97. The first-order chi connectivity index (χ1) is 11.2. The van der Waals surface area contributed by atoms with E-state index in [2.05, 4.69) is 10.2 Å². The van der Waals surface area contributed by atoms with E-state index in [1.807, 2.05) is 5.38 Å². The Bertz CT molecular complexity index is 520. The molecule has 1 amide bonds. The summed E-state index contributed by atoms with van der Waals surface area (Å²) in [7, 11) is 1.62. The van der Waals surface area contributed by atoms with E-state index in [1.54, 1.807) is 13.2 Å². The van der Waals surface area contributed by atoms with Gasteiger partial charge in [0.15, 0.2) is 0 Å². The largest absolute Gasteiger partial charge is 0.496 e. The van der Waals surface area contributed by atoms with Crippen molar-refractivity contribution in [3.05, 3.63) is 16.3 Å². The average Bonchev–Trinajstić information content (AvgIpc) is 3.10. The molecule has 0 unspecified atom stereocenters. The molecule has 1 aromatic rings. The van der Waals surface area contributed by atoms with E-state index in [0.717, 1.165) is 44.9 Å². The molecule has 1 N–H and O–H groups in total. The van der Waals surface area contributed by atoms with Crippen LogP contribution in [0.4, 0.5) is 0 Å². The van der Waals surface area contributed by atoms with Gasteiger partial charge in [-0.2, -0.15) is 0 Å². The minimum Gasteiger partial charge on any atom is -0.496 e. The molecule has 0 saturated carbocycles. The lowest BCUT2D eigenvalue weighted by Gasteiger charge is -2.48. The molecule has 23 heavy (non-hydrogen) atoms. The lowest BCUT2D eigenvalue weighted by atomic mass is 9.86. The van der Waals surface area contributed by atoms with Gasteiger partial charge in [0.1, 0.15) is 5.75 Å². The zero-order valence-corrected chi connectivity index (χ0v) is 14.6. The van der Waals surface area contributed by atoms with Gasteiger partial charge in [-0.25, -0.2) is 0 Å². The number of amides is 1. The Labute approximate surface area is 142 Å². The van der Waals surface area contributed by atoms with Gasteiger partial charge in [-0.15, -0.1) is 11.3 Å². The van der Waals surface area contributed by atoms with E-state index in [4.69, 9.17) is 9.47 Å². The Balaban J connectivity index is 1.65. The fourth-order valence-corrected chi connectivity index (χ4v) is 4.37. The van der Waals surface area contributed by atoms with Crippen molar-refractivity contribution in [1.82, 2.24) is 10.2 Å². The van der Waals surface area contributed by atoms with Crippen LogP contribution in [0.5, 0.6) is 5.75 Å². The molecule has 2 aliphatic heterocycles. The maximum Gasteiger partial charge on any atom is 0.261 e. The molecule has 3 heterocycles. The number of rotatable bonds is 5. The van der Waals surface area contributed by atoms with Gasteiger partial charge < -0.3 is 14.8 Å². The van der Waals surface area contributed by atoms with Crippen LogP contribution in [0.2, 0.25) is 0 Å². The molecule has 0 aromatic carbocycles. The number of carbonyl (C=O) groups excluding carboxylic acids is 1.